The summed E-state index contributed by atoms with van der Waals surface area (Å²) in [5.41, 5.74) is 2.36. The third-order valence-electron chi connectivity index (χ3n) is 2.71. The van der Waals surface area contributed by atoms with E-state index in [1.165, 1.54) is 5.56 Å². The highest BCUT2D eigenvalue weighted by atomic mass is 16.7. The molecule has 3 atom stereocenters. The Bertz CT molecular complexity index is 326. The van der Waals surface area contributed by atoms with Gasteiger partial charge in [-0.1, -0.05) is 17.7 Å². The Hall–Kier alpha value is -1.06. The number of aryl methyl sites for hydroxylation is 1. The summed E-state index contributed by atoms with van der Waals surface area (Å²) in [4.78, 5) is 0. The smallest absolute Gasteiger partial charge is 0.157 e. The molecule has 0 spiro atoms. The van der Waals surface area contributed by atoms with Crippen molar-refractivity contribution in [3.05, 3.63) is 29.8 Å². The summed E-state index contributed by atoms with van der Waals surface area (Å²) in [6, 6.07) is 8.33. The minimum absolute atomic E-state index is 0.0430. The first-order chi connectivity index (χ1) is 7.63. The van der Waals surface area contributed by atoms with Gasteiger partial charge in [-0.2, -0.15) is 0 Å². The fraction of sp³-hybridized carbons (Fsp3) is 0.538. The van der Waals surface area contributed by atoms with Gasteiger partial charge in [0, 0.05) is 12.1 Å². The van der Waals surface area contributed by atoms with Crippen molar-refractivity contribution in [2.75, 3.05) is 5.32 Å². The van der Waals surface area contributed by atoms with Crippen molar-refractivity contribution in [3.8, 4) is 0 Å². The Morgan fingerprint density at radius 3 is 2.44 bits per heavy atom. The van der Waals surface area contributed by atoms with Crippen molar-refractivity contribution in [3.63, 3.8) is 0 Å². The zero-order valence-electron chi connectivity index (χ0n) is 10.1. The third kappa shape index (κ3) is 2.97. The van der Waals surface area contributed by atoms with Crippen LogP contribution in [0.2, 0.25) is 0 Å². The summed E-state index contributed by atoms with van der Waals surface area (Å²) in [6.07, 6.45) is 1.03. The first-order valence-corrected chi connectivity index (χ1v) is 5.77. The Kier molecular flexibility index (Phi) is 3.46. The van der Waals surface area contributed by atoms with E-state index in [9.17, 15) is 0 Å². The minimum atomic E-state index is -0.133. The Morgan fingerprint density at radius 1 is 1.12 bits per heavy atom. The van der Waals surface area contributed by atoms with E-state index in [1.54, 1.807) is 0 Å². The maximum atomic E-state index is 5.66. The van der Waals surface area contributed by atoms with E-state index in [0.29, 0.717) is 0 Å². The van der Waals surface area contributed by atoms with Crippen molar-refractivity contribution in [2.45, 2.75) is 45.8 Å². The lowest BCUT2D eigenvalue weighted by Gasteiger charge is -2.33. The summed E-state index contributed by atoms with van der Waals surface area (Å²) in [7, 11) is 0. The molecule has 0 bridgehead atoms. The van der Waals surface area contributed by atoms with E-state index in [2.05, 4.69) is 43.4 Å². The van der Waals surface area contributed by atoms with Gasteiger partial charge in [0.15, 0.2) is 6.29 Å². The molecule has 16 heavy (non-hydrogen) atoms. The normalized spacial score (nSPS) is 30.1. The zero-order chi connectivity index (χ0) is 11.5. The molecule has 1 aliphatic heterocycles. The van der Waals surface area contributed by atoms with Gasteiger partial charge in [-0.25, -0.2) is 0 Å². The van der Waals surface area contributed by atoms with Crippen LogP contribution in [0.5, 0.6) is 0 Å². The summed E-state index contributed by atoms with van der Waals surface area (Å²) in [5, 5.41) is 3.37. The van der Waals surface area contributed by atoms with Crippen LogP contribution >= 0.6 is 0 Å². The van der Waals surface area contributed by atoms with Crippen LogP contribution in [0.3, 0.4) is 0 Å². The predicted molar refractivity (Wildman–Crippen MR) is 64.3 cm³/mol. The number of rotatable bonds is 2. The van der Waals surface area contributed by atoms with Crippen LogP contribution < -0.4 is 5.32 Å². The summed E-state index contributed by atoms with van der Waals surface area (Å²) < 4.78 is 11.2. The van der Waals surface area contributed by atoms with Crippen LogP contribution in [0.25, 0.3) is 0 Å². The molecule has 88 valence electrons. The van der Waals surface area contributed by atoms with Gasteiger partial charge in [-0.3, -0.25) is 0 Å². The molecule has 1 saturated heterocycles. The average Bonchev–Trinajstić information content (AvgIpc) is 2.20. The lowest BCUT2D eigenvalue weighted by molar-refractivity contribution is -0.222. The predicted octanol–water partition coefficient (Wildman–Crippen LogP) is 2.90. The van der Waals surface area contributed by atoms with E-state index >= 15 is 0 Å². The number of hydrogen-bond donors (Lipinski definition) is 1. The molecule has 2 rings (SSSR count). The first-order valence-electron chi connectivity index (χ1n) is 5.77. The maximum Gasteiger partial charge on any atom is 0.157 e. The molecule has 0 saturated carbocycles. The van der Waals surface area contributed by atoms with Gasteiger partial charge in [0.1, 0.15) is 6.23 Å². The minimum Gasteiger partial charge on any atom is -0.360 e. The summed E-state index contributed by atoms with van der Waals surface area (Å²) in [6.45, 7) is 6.08. The third-order valence-corrected chi connectivity index (χ3v) is 2.71. The van der Waals surface area contributed by atoms with E-state index in [-0.39, 0.29) is 18.6 Å². The van der Waals surface area contributed by atoms with E-state index in [4.69, 9.17) is 9.47 Å². The largest absolute Gasteiger partial charge is 0.360 e. The molecular weight excluding hydrogens is 202 g/mol. The monoisotopic (exact) mass is 221 g/mol. The molecule has 1 N–H and O–H groups in total. The van der Waals surface area contributed by atoms with Gasteiger partial charge in [0.25, 0.3) is 0 Å². The maximum absolute atomic E-state index is 5.66. The van der Waals surface area contributed by atoms with Gasteiger partial charge >= 0.3 is 0 Å². The van der Waals surface area contributed by atoms with E-state index < -0.39 is 0 Å². The molecule has 0 aromatic heterocycles. The Labute approximate surface area is 96.8 Å². The second kappa shape index (κ2) is 4.85. The van der Waals surface area contributed by atoms with Crippen LogP contribution in [-0.2, 0) is 9.47 Å². The van der Waals surface area contributed by atoms with Crippen molar-refractivity contribution >= 4 is 5.69 Å². The molecule has 1 aromatic carbocycles. The van der Waals surface area contributed by atoms with Gasteiger partial charge in [-0.05, 0) is 32.9 Å². The molecule has 3 nitrogen and oxygen atoms in total. The zero-order valence-corrected chi connectivity index (χ0v) is 10.1. The van der Waals surface area contributed by atoms with Gasteiger partial charge in [-0.15, -0.1) is 0 Å². The van der Waals surface area contributed by atoms with Gasteiger partial charge in [0.05, 0.1) is 6.10 Å². The molecule has 0 radical (unpaired) electrons. The summed E-state index contributed by atoms with van der Waals surface area (Å²) in [5.74, 6) is 0. The molecule has 1 fully saturated rings. The van der Waals surface area contributed by atoms with Crippen molar-refractivity contribution in [1.29, 1.82) is 0 Å². The van der Waals surface area contributed by atoms with Crippen molar-refractivity contribution in [2.24, 2.45) is 0 Å². The molecule has 1 aromatic rings. The molecular formula is C13H19NO2. The van der Waals surface area contributed by atoms with Crippen molar-refractivity contribution < 1.29 is 9.47 Å². The lowest BCUT2D eigenvalue weighted by atomic mass is 10.2. The number of benzene rings is 1. The highest BCUT2D eigenvalue weighted by Crippen LogP contribution is 2.20. The molecule has 3 heteroatoms. The van der Waals surface area contributed by atoms with Crippen molar-refractivity contribution in [1.82, 2.24) is 0 Å². The highest BCUT2D eigenvalue weighted by molar-refractivity contribution is 5.44. The molecule has 1 heterocycles. The molecule has 1 aliphatic rings. The Morgan fingerprint density at radius 2 is 1.81 bits per heavy atom. The number of hydrogen-bond acceptors (Lipinski definition) is 3. The van der Waals surface area contributed by atoms with Crippen LogP contribution in [0, 0.1) is 6.92 Å². The topological polar surface area (TPSA) is 30.5 Å². The van der Waals surface area contributed by atoms with Gasteiger partial charge in [0.2, 0.25) is 0 Å². The Balaban J connectivity index is 1.96. The lowest BCUT2D eigenvalue weighted by Crippen LogP contribution is -2.39. The van der Waals surface area contributed by atoms with Crippen LogP contribution in [0.1, 0.15) is 25.8 Å². The first kappa shape index (κ1) is 11.4. The SMILES string of the molecule is Cc1ccc(NC2CC(C)OC(C)O2)cc1. The fourth-order valence-electron chi connectivity index (χ4n) is 1.93. The number of anilines is 1. The summed E-state index contributed by atoms with van der Waals surface area (Å²) >= 11 is 0. The average molecular weight is 221 g/mol. The van der Waals surface area contributed by atoms with E-state index in [0.717, 1.165) is 12.1 Å². The van der Waals surface area contributed by atoms with Crippen LogP contribution in [-0.4, -0.2) is 18.6 Å². The highest BCUT2D eigenvalue weighted by Gasteiger charge is 2.24. The van der Waals surface area contributed by atoms with Crippen LogP contribution in [0.4, 0.5) is 5.69 Å². The van der Waals surface area contributed by atoms with E-state index in [1.807, 2.05) is 6.92 Å². The standard InChI is InChI=1S/C13H19NO2/c1-9-4-6-12(7-5-9)14-13-8-10(2)15-11(3)16-13/h4-7,10-11,13-14H,8H2,1-3H3. The molecule has 0 amide bonds. The quantitative estimate of drug-likeness (QED) is 0.833. The second-order valence-electron chi connectivity index (χ2n) is 4.39. The number of nitrogens with one attached hydrogen (secondary N) is 1. The van der Waals surface area contributed by atoms with Crippen LogP contribution in [0.15, 0.2) is 24.3 Å². The second-order valence-corrected chi connectivity index (χ2v) is 4.39. The fourth-order valence-corrected chi connectivity index (χ4v) is 1.93. The molecule has 3 unspecified atom stereocenters. The number of ether oxygens (including phenoxy) is 2. The van der Waals surface area contributed by atoms with Gasteiger partial charge < -0.3 is 14.8 Å². The molecule has 0 aliphatic carbocycles.